The number of nitrogens with one attached hydrogen (secondary N) is 2. The molecule has 1 saturated heterocycles. The van der Waals surface area contributed by atoms with Crippen molar-refractivity contribution in [2.24, 2.45) is 10.2 Å². The molecule has 0 bridgehead atoms. The molecule has 0 atom stereocenters. The van der Waals surface area contributed by atoms with Crippen molar-refractivity contribution in [2.75, 3.05) is 29.4 Å². The van der Waals surface area contributed by atoms with Crippen LogP contribution in [0.15, 0.2) is 83.0 Å². The number of amides is 1. The lowest BCUT2D eigenvalue weighted by molar-refractivity contribution is 0.0710. The average molecular weight is 768 g/mol. The van der Waals surface area contributed by atoms with Crippen molar-refractivity contribution in [3.63, 3.8) is 0 Å². The highest BCUT2D eigenvalue weighted by Gasteiger charge is 2.31. The first-order valence-corrected chi connectivity index (χ1v) is 18.0. The quantitative estimate of drug-likeness (QED) is 0.0418. The molecule has 276 valence electrons. The Balaban J connectivity index is 0.953. The zero-order valence-corrected chi connectivity index (χ0v) is 29.2. The molecular weight excluding hydrogens is 742 g/mol. The summed E-state index contributed by atoms with van der Waals surface area (Å²) in [6.45, 7) is 2.23. The molecular formula is C39H26F5N7O3S. The number of esters is 1. The molecule has 2 aliphatic rings. The number of carbonyl (C=O) groups excluding carboxylic acids is 2. The van der Waals surface area contributed by atoms with Crippen molar-refractivity contribution < 1.29 is 36.3 Å². The molecule has 2 aliphatic heterocycles. The highest BCUT2D eigenvalue weighted by atomic mass is 32.1. The number of carbonyl (C=O) groups is 2. The van der Waals surface area contributed by atoms with Crippen LogP contribution in [-0.4, -0.2) is 46.5 Å². The average Bonchev–Trinajstić information content (AvgIpc) is 4.05. The smallest absolute Gasteiger partial charge is 0.360 e. The lowest BCUT2D eigenvalue weighted by Crippen LogP contribution is -2.29. The van der Waals surface area contributed by atoms with E-state index in [0.717, 1.165) is 53.2 Å². The number of hydrogen-bond donors (Lipinski definition) is 2. The van der Waals surface area contributed by atoms with Crippen molar-refractivity contribution in [1.82, 2.24) is 15.0 Å². The Morgan fingerprint density at radius 3 is 2.24 bits per heavy atom. The molecule has 4 aromatic carbocycles. The third-order valence-electron chi connectivity index (χ3n) is 9.71. The normalized spacial score (nSPS) is 14.2. The first kappa shape index (κ1) is 34.4. The summed E-state index contributed by atoms with van der Waals surface area (Å²) in [5.74, 6) is -14.8. The third kappa shape index (κ3) is 5.98. The van der Waals surface area contributed by atoms with Crippen LogP contribution in [0.1, 0.15) is 39.4 Å². The van der Waals surface area contributed by atoms with Gasteiger partial charge in [-0.25, -0.2) is 22.9 Å². The van der Waals surface area contributed by atoms with Gasteiger partial charge in [-0.2, -0.15) is 8.78 Å². The molecule has 3 aromatic heterocycles. The van der Waals surface area contributed by atoms with Crippen molar-refractivity contribution in [2.45, 2.75) is 19.3 Å². The van der Waals surface area contributed by atoms with E-state index in [9.17, 15) is 31.5 Å². The van der Waals surface area contributed by atoms with Gasteiger partial charge in [0.15, 0.2) is 10.1 Å². The Hall–Kier alpha value is -6.42. The lowest BCUT2D eigenvalue weighted by Gasteiger charge is -2.16. The second-order valence-corrected chi connectivity index (χ2v) is 14.0. The number of fused-ring (bicyclic) bond motifs is 4. The number of rotatable bonds is 7. The summed E-state index contributed by atoms with van der Waals surface area (Å²) in [4.78, 5) is 41.4. The first-order chi connectivity index (χ1) is 26.6. The zero-order valence-electron chi connectivity index (χ0n) is 28.4. The van der Waals surface area contributed by atoms with Gasteiger partial charge in [0.1, 0.15) is 17.1 Å². The molecule has 0 spiro atoms. The van der Waals surface area contributed by atoms with Gasteiger partial charge in [-0.05, 0) is 67.3 Å². The molecule has 16 heteroatoms. The van der Waals surface area contributed by atoms with Gasteiger partial charge in [-0.3, -0.25) is 4.79 Å². The van der Waals surface area contributed by atoms with Crippen LogP contribution in [-0.2, 0) is 6.42 Å². The number of nitrogens with zero attached hydrogens (tertiary/aromatic N) is 5. The second-order valence-electron chi connectivity index (χ2n) is 13.1. The summed E-state index contributed by atoms with van der Waals surface area (Å²) in [6, 6.07) is 21.7. The number of benzene rings is 4. The van der Waals surface area contributed by atoms with E-state index in [4.69, 9.17) is 4.98 Å². The predicted octanol–water partition coefficient (Wildman–Crippen LogP) is 9.91. The van der Waals surface area contributed by atoms with Crippen LogP contribution < -0.4 is 14.5 Å². The standard InChI is InChI=1S/C39H26F5N7O3S/c40-29-30(41)32(43)35(33(44)31(29)42)54-38(53)27-18-23-22-12-15-51(28(22)11-10-25(23)46-27)37(52)26-17-20-16-21(8-9-24(20)45-26)48-49-36-34(19-6-2-1-3-7-19)47-39(55-36)50-13-4-5-14-50/h1-3,6-11,16-18,45-46H,4-5,12-15H2/b49-48+. The maximum absolute atomic E-state index is 14.2. The molecule has 5 heterocycles. The Morgan fingerprint density at radius 1 is 0.764 bits per heavy atom. The third-order valence-corrected chi connectivity index (χ3v) is 10.7. The summed E-state index contributed by atoms with van der Waals surface area (Å²) >= 11 is 1.51. The monoisotopic (exact) mass is 767 g/mol. The van der Waals surface area contributed by atoms with Gasteiger partial charge in [-0.1, -0.05) is 41.7 Å². The number of anilines is 2. The summed E-state index contributed by atoms with van der Waals surface area (Å²) < 4.78 is 73.7. The number of aromatic nitrogens is 3. The van der Waals surface area contributed by atoms with Gasteiger partial charge in [-0.15, -0.1) is 10.2 Å². The first-order valence-electron chi connectivity index (χ1n) is 17.2. The summed E-state index contributed by atoms with van der Waals surface area (Å²) in [5, 5.41) is 12.1. The van der Waals surface area contributed by atoms with E-state index < -0.39 is 40.8 Å². The maximum atomic E-state index is 14.2. The molecule has 0 unspecified atom stereocenters. The van der Waals surface area contributed by atoms with Crippen LogP contribution in [0.5, 0.6) is 5.75 Å². The van der Waals surface area contributed by atoms with Crippen molar-refractivity contribution in [3.05, 3.63) is 119 Å². The molecule has 0 aliphatic carbocycles. The number of ether oxygens (including phenoxy) is 1. The Bertz CT molecular complexity index is 2690. The van der Waals surface area contributed by atoms with Crippen LogP contribution in [0.25, 0.3) is 33.1 Å². The molecule has 9 rings (SSSR count). The molecule has 10 nitrogen and oxygen atoms in total. The van der Waals surface area contributed by atoms with Gasteiger partial charge in [0.2, 0.25) is 34.8 Å². The second kappa shape index (κ2) is 13.5. The number of aromatic amines is 2. The van der Waals surface area contributed by atoms with Crippen molar-refractivity contribution >= 4 is 66.5 Å². The van der Waals surface area contributed by atoms with Crippen LogP contribution in [0, 0.1) is 29.1 Å². The molecule has 0 saturated carbocycles. The van der Waals surface area contributed by atoms with Crippen LogP contribution in [0.3, 0.4) is 0 Å². The lowest BCUT2D eigenvalue weighted by atomic mass is 10.1. The molecule has 0 radical (unpaired) electrons. The van der Waals surface area contributed by atoms with E-state index in [0.29, 0.717) is 51.5 Å². The minimum Gasteiger partial charge on any atom is -0.415 e. The van der Waals surface area contributed by atoms with E-state index in [1.165, 1.54) is 17.4 Å². The minimum atomic E-state index is -2.37. The van der Waals surface area contributed by atoms with Gasteiger partial charge >= 0.3 is 5.97 Å². The molecule has 2 N–H and O–H groups in total. The maximum Gasteiger partial charge on any atom is 0.360 e. The Labute approximate surface area is 311 Å². The Morgan fingerprint density at radius 2 is 1.47 bits per heavy atom. The molecule has 7 aromatic rings. The van der Waals surface area contributed by atoms with Gasteiger partial charge in [0.25, 0.3) is 5.91 Å². The van der Waals surface area contributed by atoms with Gasteiger partial charge < -0.3 is 24.5 Å². The van der Waals surface area contributed by atoms with E-state index in [1.54, 1.807) is 23.1 Å². The zero-order chi connectivity index (χ0) is 38.0. The van der Waals surface area contributed by atoms with E-state index in [-0.39, 0.29) is 11.6 Å². The molecule has 55 heavy (non-hydrogen) atoms. The largest absolute Gasteiger partial charge is 0.415 e. The summed E-state index contributed by atoms with van der Waals surface area (Å²) in [6.07, 6.45) is 2.67. The van der Waals surface area contributed by atoms with Crippen LogP contribution in [0.4, 0.5) is 43.5 Å². The number of thiazole rings is 1. The Kier molecular flexibility index (Phi) is 8.41. The van der Waals surface area contributed by atoms with Gasteiger partial charge in [0, 0.05) is 52.7 Å². The van der Waals surface area contributed by atoms with Crippen LogP contribution in [0.2, 0.25) is 0 Å². The van der Waals surface area contributed by atoms with Crippen LogP contribution >= 0.6 is 11.3 Å². The predicted molar refractivity (Wildman–Crippen MR) is 196 cm³/mol. The highest BCUT2D eigenvalue weighted by molar-refractivity contribution is 7.19. The minimum absolute atomic E-state index is 0.292. The van der Waals surface area contributed by atoms with E-state index in [2.05, 4.69) is 29.8 Å². The van der Waals surface area contributed by atoms with Crippen molar-refractivity contribution in [3.8, 4) is 17.0 Å². The number of H-pyrrole nitrogens is 2. The number of halogens is 5. The SMILES string of the molecule is O=C(Oc1c(F)c(F)c(F)c(F)c1F)c1cc2c3c(ccc2[nH]1)N(C(=O)c1cc2cc(/N=N/c4sc(N5CCCC5)nc4-c4ccccc4)ccc2[nH]1)CC3. The fourth-order valence-corrected chi connectivity index (χ4v) is 7.96. The van der Waals surface area contributed by atoms with E-state index >= 15 is 0 Å². The topological polar surface area (TPSA) is 119 Å². The molecule has 1 fully saturated rings. The van der Waals surface area contributed by atoms with Gasteiger partial charge in [0.05, 0.1) is 5.69 Å². The highest BCUT2D eigenvalue weighted by Crippen LogP contribution is 2.42. The summed E-state index contributed by atoms with van der Waals surface area (Å²) in [7, 11) is 0. The number of azo groups is 1. The van der Waals surface area contributed by atoms with E-state index in [1.807, 2.05) is 48.5 Å². The fourth-order valence-electron chi connectivity index (χ4n) is 7.00. The molecule has 1 amide bonds. The fraction of sp³-hybridized carbons (Fsp3) is 0.154. The number of hydrogen-bond acceptors (Lipinski definition) is 8. The van der Waals surface area contributed by atoms with Crippen molar-refractivity contribution in [1.29, 1.82) is 0 Å². The summed E-state index contributed by atoms with van der Waals surface area (Å²) in [5.41, 5.74) is 4.81.